The number of nitrogen functional groups attached to an aromatic ring is 1. The lowest BCUT2D eigenvalue weighted by atomic mass is 10.0. The molecular weight excluding hydrogens is 563 g/mol. The van der Waals surface area contributed by atoms with E-state index in [9.17, 15) is 18.8 Å². The van der Waals surface area contributed by atoms with E-state index in [0.717, 1.165) is 17.1 Å². The number of anilines is 1. The number of halogens is 2. The fraction of sp³-hybridized carbons (Fsp3) is 0.364. The molecule has 2 atom stereocenters. The van der Waals surface area contributed by atoms with Gasteiger partial charge in [0.05, 0.1) is 7.11 Å². The van der Waals surface area contributed by atoms with Gasteiger partial charge in [-0.15, -0.1) is 23.4 Å². The number of nitrogens with two attached hydrogens (primary N) is 1. The van der Waals surface area contributed by atoms with Crippen molar-refractivity contribution in [2.75, 3.05) is 37.8 Å². The lowest BCUT2D eigenvalue weighted by molar-refractivity contribution is -0.153. The number of nitrogens with one attached hydrogen (secondary N) is 1. The van der Waals surface area contributed by atoms with Crippen LogP contribution < -0.4 is 15.8 Å². The zero-order chi connectivity index (χ0) is 27.2. The van der Waals surface area contributed by atoms with E-state index < -0.39 is 35.9 Å². The molecule has 1 saturated heterocycles. The molecule has 0 spiro atoms. The number of nitrogens with zero attached hydrogens (tertiary/aromatic N) is 4. The molecule has 2 aliphatic rings. The molecule has 3 heterocycles. The fourth-order valence-corrected chi connectivity index (χ4v) is 5.70. The molecule has 0 aliphatic carbocycles. The van der Waals surface area contributed by atoms with Gasteiger partial charge in [0.2, 0.25) is 11.5 Å². The van der Waals surface area contributed by atoms with Crippen LogP contribution in [0.5, 0.6) is 5.75 Å². The number of esters is 1. The fourth-order valence-electron chi connectivity index (χ4n) is 3.58. The topological polar surface area (TPSA) is 158 Å². The lowest BCUT2D eigenvalue weighted by Crippen LogP contribution is -2.71. The monoisotopic (exact) mass is 584 g/mol. The number of ether oxygens (including phenoxy) is 2. The van der Waals surface area contributed by atoms with Crippen molar-refractivity contribution in [2.45, 2.75) is 18.0 Å². The summed E-state index contributed by atoms with van der Waals surface area (Å²) >= 11 is 8.22. The number of β-lactam (4-membered cyclic amide) rings is 1. The van der Waals surface area contributed by atoms with Crippen molar-refractivity contribution in [1.29, 1.82) is 0 Å². The Bertz CT molecular complexity index is 1270. The van der Waals surface area contributed by atoms with E-state index in [-0.39, 0.29) is 41.5 Å². The lowest BCUT2D eigenvalue weighted by Gasteiger charge is -2.49. The minimum atomic E-state index is -0.990. The van der Waals surface area contributed by atoms with Gasteiger partial charge in [-0.2, -0.15) is 9.36 Å². The first-order valence-corrected chi connectivity index (χ1v) is 13.4. The Balaban J connectivity index is 1.46. The van der Waals surface area contributed by atoms with E-state index in [4.69, 9.17) is 31.6 Å². The zero-order valence-corrected chi connectivity index (χ0v) is 22.3. The zero-order valence-electron chi connectivity index (χ0n) is 19.9. The summed E-state index contributed by atoms with van der Waals surface area (Å²) in [5, 5.41) is 5.68. The number of methoxy groups -OCH3 is 1. The highest BCUT2D eigenvalue weighted by molar-refractivity contribution is 8.00. The number of hydrogen-bond donors (Lipinski definition) is 2. The molecule has 4 rings (SSSR count). The quantitative estimate of drug-likeness (QED) is 0.0988. The number of alkyl halides is 2. The largest absolute Gasteiger partial charge is 0.497 e. The molecule has 38 heavy (non-hydrogen) atoms. The number of rotatable bonds is 11. The predicted molar refractivity (Wildman–Crippen MR) is 138 cm³/mol. The van der Waals surface area contributed by atoms with Crippen LogP contribution in [0.1, 0.15) is 11.4 Å². The van der Waals surface area contributed by atoms with Crippen LogP contribution in [-0.2, 0) is 30.6 Å². The average Bonchev–Trinajstić information content (AvgIpc) is 3.37. The maximum absolute atomic E-state index is 13.1. The molecule has 202 valence electrons. The second-order valence-electron chi connectivity index (χ2n) is 7.79. The average molecular weight is 585 g/mol. The number of hydrogen-bond acceptors (Lipinski definition) is 12. The van der Waals surface area contributed by atoms with Crippen LogP contribution in [0.3, 0.4) is 0 Å². The van der Waals surface area contributed by atoms with Crippen molar-refractivity contribution in [3.8, 4) is 5.75 Å². The van der Waals surface area contributed by atoms with E-state index in [1.807, 2.05) is 0 Å². The van der Waals surface area contributed by atoms with Gasteiger partial charge < -0.3 is 25.4 Å². The van der Waals surface area contributed by atoms with E-state index in [1.54, 1.807) is 31.4 Å². The molecule has 1 fully saturated rings. The SMILES string of the molecule is COc1ccc(COC(=O)C2=C(CCl)CS[C@@H]3[C@H](NC(=O)/C(=N\OCCF)c4nsc(N)n4)C(=O)N23)cc1. The van der Waals surface area contributed by atoms with Crippen molar-refractivity contribution in [3.63, 3.8) is 0 Å². The van der Waals surface area contributed by atoms with Crippen molar-refractivity contribution in [2.24, 2.45) is 5.16 Å². The molecule has 1 aromatic carbocycles. The van der Waals surface area contributed by atoms with Gasteiger partial charge in [0.1, 0.15) is 42.8 Å². The van der Waals surface area contributed by atoms with Crippen molar-refractivity contribution in [3.05, 3.63) is 46.9 Å². The summed E-state index contributed by atoms with van der Waals surface area (Å²) < 4.78 is 27.0. The maximum atomic E-state index is 13.1. The van der Waals surface area contributed by atoms with Crippen LogP contribution in [-0.4, -0.2) is 81.2 Å². The second kappa shape index (κ2) is 12.4. The minimum Gasteiger partial charge on any atom is -0.497 e. The number of fused-ring (bicyclic) bond motifs is 1. The minimum absolute atomic E-state index is 0.0210. The van der Waals surface area contributed by atoms with Gasteiger partial charge in [-0.05, 0) is 23.3 Å². The first kappa shape index (κ1) is 27.6. The Morgan fingerprint density at radius 2 is 2.11 bits per heavy atom. The molecule has 0 unspecified atom stereocenters. The summed E-state index contributed by atoms with van der Waals surface area (Å²) in [6.07, 6.45) is 0. The Morgan fingerprint density at radius 3 is 2.74 bits per heavy atom. The second-order valence-corrected chi connectivity index (χ2v) is 9.94. The molecule has 16 heteroatoms. The van der Waals surface area contributed by atoms with E-state index >= 15 is 0 Å². The van der Waals surface area contributed by atoms with Gasteiger partial charge in [-0.3, -0.25) is 14.5 Å². The molecular formula is C22H22ClFN6O6S2. The van der Waals surface area contributed by atoms with Crippen LogP contribution >= 0.6 is 34.9 Å². The molecule has 12 nitrogen and oxygen atoms in total. The number of amides is 2. The number of oxime groups is 1. The molecule has 3 N–H and O–H groups in total. The number of carbonyl (C=O) groups excluding carboxylic acids is 3. The van der Waals surface area contributed by atoms with Gasteiger partial charge in [-0.1, -0.05) is 17.3 Å². The highest BCUT2D eigenvalue weighted by Crippen LogP contribution is 2.41. The van der Waals surface area contributed by atoms with Crippen molar-refractivity contribution in [1.82, 2.24) is 19.6 Å². The third-order valence-corrected chi connectivity index (χ3v) is 7.62. The standard InChI is InChI=1S/C22H22ClFN6O6S2/c1-34-13-4-2-11(3-5-13)9-35-21(33)16-12(8-23)10-37-20-15(19(32)30(16)20)26-18(31)14(28-36-7-6-24)17-27-22(25)38-29-17/h2-5,15,20H,6-10H2,1H3,(H,26,31)(H2,25,27,29)/b28-14-/t15-,20-/m1/s1. The van der Waals surface area contributed by atoms with Crippen LogP contribution in [0.4, 0.5) is 9.52 Å². The first-order valence-electron chi connectivity index (χ1n) is 11.1. The third kappa shape index (κ3) is 5.84. The van der Waals surface area contributed by atoms with Crippen molar-refractivity contribution < 1.29 is 33.1 Å². The Morgan fingerprint density at radius 1 is 1.34 bits per heavy atom. The smallest absolute Gasteiger partial charge is 0.355 e. The molecule has 2 aromatic rings. The van der Waals surface area contributed by atoms with Gasteiger partial charge >= 0.3 is 5.97 Å². The predicted octanol–water partition coefficient (Wildman–Crippen LogP) is 1.46. The van der Waals surface area contributed by atoms with E-state index in [2.05, 4.69) is 19.8 Å². The first-order chi connectivity index (χ1) is 18.4. The van der Waals surface area contributed by atoms with Crippen LogP contribution in [0.25, 0.3) is 0 Å². The summed E-state index contributed by atoms with van der Waals surface area (Å²) in [6.45, 7) is -1.24. The van der Waals surface area contributed by atoms with Gasteiger partial charge in [0, 0.05) is 23.2 Å². The molecule has 0 bridgehead atoms. The van der Waals surface area contributed by atoms with Gasteiger partial charge in [0.25, 0.3) is 11.8 Å². The van der Waals surface area contributed by atoms with Crippen LogP contribution in [0.2, 0.25) is 0 Å². The normalized spacial score (nSPS) is 19.0. The molecule has 2 aliphatic heterocycles. The summed E-state index contributed by atoms with van der Waals surface area (Å²) in [5.74, 6) is -1.16. The maximum Gasteiger partial charge on any atom is 0.355 e. The highest BCUT2D eigenvalue weighted by Gasteiger charge is 2.54. The highest BCUT2D eigenvalue weighted by atomic mass is 35.5. The number of aromatic nitrogens is 2. The summed E-state index contributed by atoms with van der Waals surface area (Å²) in [4.78, 5) is 49.1. The number of carbonyl (C=O) groups is 3. The van der Waals surface area contributed by atoms with Crippen LogP contribution in [0, 0.1) is 0 Å². The van der Waals surface area contributed by atoms with Crippen molar-refractivity contribution >= 4 is 63.5 Å². The molecule has 1 aromatic heterocycles. The van der Waals surface area contributed by atoms with E-state index in [0.29, 0.717) is 17.1 Å². The summed E-state index contributed by atoms with van der Waals surface area (Å²) in [7, 11) is 1.55. The number of thioether (sulfide) groups is 1. The molecule has 2 amide bonds. The van der Waals surface area contributed by atoms with Crippen LogP contribution in [0.15, 0.2) is 40.7 Å². The van der Waals surface area contributed by atoms with Gasteiger partial charge in [0.15, 0.2) is 5.13 Å². The Kier molecular flexibility index (Phi) is 9.01. The summed E-state index contributed by atoms with van der Waals surface area (Å²) in [5.41, 5.74) is 6.55. The van der Waals surface area contributed by atoms with Gasteiger partial charge in [-0.25, -0.2) is 9.18 Å². The Labute approximate surface area is 229 Å². The molecule has 0 radical (unpaired) electrons. The summed E-state index contributed by atoms with van der Waals surface area (Å²) in [6, 6.07) is 5.99. The third-order valence-electron chi connectivity index (χ3n) is 5.41. The Hall–Kier alpha value is -3.43. The number of benzene rings is 1. The molecule has 0 saturated carbocycles. The van der Waals surface area contributed by atoms with E-state index in [1.165, 1.54) is 16.7 Å².